The van der Waals surface area contributed by atoms with Gasteiger partial charge in [0.2, 0.25) is 0 Å². The number of fused-ring (bicyclic) bond motifs is 1. The molecule has 1 aliphatic heterocycles. The zero-order valence-electron chi connectivity index (χ0n) is 12.7. The number of hydrogen-bond donors (Lipinski definition) is 1. The molecule has 2 N–H and O–H groups in total. The minimum Gasteiger partial charge on any atom is -0.375 e. The molecule has 3 unspecified atom stereocenters. The quantitative estimate of drug-likeness (QED) is 0.931. The van der Waals surface area contributed by atoms with Crippen LogP contribution in [0.5, 0.6) is 0 Å². The van der Waals surface area contributed by atoms with Crippen LogP contribution in [-0.4, -0.2) is 36.7 Å². The van der Waals surface area contributed by atoms with Crippen molar-refractivity contribution in [3.05, 3.63) is 35.1 Å². The molecule has 1 saturated heterocycles. The van der Waals surface area contributed by atoms with Crippen LogP contribution < -0.4 is 5.73 Å². The molecule has 4 heteroatoms. The molecule has 3 atom stereocenters. The van der Waals surface area contributed by atoms with E-state index in [-0.39, 0.29) is 11.9 Å². The van der Waals surface area contributed by atoms with Crippen LogP contribution in [0.4, 0.5) is 4.39 Å². The highest BCUT2D eigenvalue weighted by molar-refractivity contribution is 5.27. The molecule has 0 bridgehead atoms. The van der Waals surface area contributed by atoms with Crippen molar-refractivity contribution in [3.63, 3.8) is 0 Å². The topological polar surface area (TPSA) is 38.5 Å². The number of aryl methyl sites for hydroxylation is 1. The number of halogens is 1. The summed E-state index contributed by atoms with van der Waals surface area (Å²) >= 11 is 0. The third-order valence-corrected chi connectivity index (χ3v) is 4.97. The lowest BCUT2D eigenvalue weighted by molar-refractivity contribution is -0.102. The Hall–Kier alpha value is -0.970. The molecule has 21 heavy (non-hydrogen) atoms. The Kier molecular flexibility index (Phi) is 4.57. The number of morpholine rings is 1. The number of nitrogens with two attached hydrogens (primary N) is 1. The van der Waals surface area contributed by atoms with Crippen LogP contribution >= 0.6 is 0 Å². The maximum atomic E-state index is 13.5. The molecule has 2 fully saturated rings. The van der Waals surface area contributed by atoms with Crippen LogP contribution in [-0.2, 0) is 4.74 Å². The first-order valence-electron chi connectivity index (χ1n) is 8.04. The lowest BCUT2D eigenvalue weighted by Crippen LogP contribution is -2.54. The predicted octanol–water partition coefficient (Wildman–Crippen LogP) is 2.78. The maximum Gasteiger partial charge on any atom is 0.126 e. The molecular weight excluding hydrogens is 267 g/mol. The first-order valence-corrected chi connectivity index (χ1v) is 8.04. The number of ether oxygens (including phenoxy) is 1. The van der Waals surface area contributed by atoms with Crippen molar-refractivity contribution < 1.29 is 9.13 Å². The van der Waals surface area contributed by atoms with Gasteiger partial charge in [-0.25, -0.2) is 4.39 Å². The molecule has 1 aromatic carbocycles. The lowest BCUT2D eigenvalue weighted by atomic mass is 9.88. The van der Waals surface area contributed by atoms with E-state index in [0.29, 0.717) is 24.3 Å². The molecule has 0 spiro atoms. The van der Waals surface area contributed by atoms with Crippen LogP contribution in [0.3, 0.4) is 0 Å². The fourth-order valence-corrected chi connectivity index (χ4v) is 3.85. The summed E-state index contributed by atoms with van der Waals surface area (Å²) in [5.74, 6) is -0.146. The summed E-state index contributed by atoms with van der Waals surface area (Å²) in [6.07, 6.45) is 5.21. The largest absolute Gasteiger partial charge is 0.375 e. The van der Waals surface area contributed by atoms with Gasteiger partial charge in [-0.15, -0.1) is 0 Å². The Bertz CT molecular complexity index is 492. The van der Waals surface area contributed by atoms with Crippen LogP contribution in [0.15, 0.2) is 18.2 Å². The Morgan fingerprint density at radius 1 is 1.38 bits per heavy atom. The van der Waals surface area contributed by atoms with Gasteiger partial charge in [-0.3, -0.25) is 4.90 Å². The van der Waals surface area contributed by atoms with E-state index in [4.69, 9.17) is 10.5 Å². The summed E-state index contributed by atoms with van der Waals surface area (Å²) in [5, 5.41) is 0. The Morgan fingerprint density at radius 3 is 2.95 bits per heavy atom. The molecule has 1 aromatic rings. The third-order valence-electron chi connectivity index (χ3n) is 4.97. The number of rotatable bonds is 3. The van der Waals surface area contributed by atoms with Crippen LogP contribution in [0.2, 0.25) is 0 Å². The van der Waals surface area contributed by atoms with Gasteiger partial charge in [0.25, 0.3) is 0 Å². The number of benzene rings is 1. The van der Waals surface area contributed by atoms with Crippen molar-refractivity contribution in [2.24, 2.45) is 5.73 Å². The van der Waals surface area contributed by atoms with Gasteiger partial charge in [-0.1, -0.05) is 25.0 Å². The van der Waals surface area contributed by atoms with Crippen molar-refractivity contribution in [1.29, 1.82) is 0 Å². The van der Waals surface area contributed by atoms with E-state index >= 15 is 0 Å². The van der Waals surface area contributed by atoms with E-state index < -0.39 is 0 Å². The fraction of sp³-hybridized carbons (Fsp3) is 0.647. The molecular formula is C17H25FN2O. The minimum atomic E-state index is -0.146. The van der Waals surface area contributed by atoms with Crippen LogP contribution in [0, 0.1) is 12.7 Å². The van der Waals surface area contributed by atoms with Crippen molar-refractivity contribution in [3.8, 4) is 0 Å². The lowest BCUT2D eigenvalue weighted by Gasteiger charge is -2.47. The highest BCUT2D eigenvalue weighted by atomic mass is 19.1. The first-order chi connectivity index (χ1) is 10.2. The maximum absolute atomic E-state index is 13.5. The summed E-state index contributed by atoms with van der Waals surface area (Å²) < 4.78 is 19.5. The molecule has 1 heterocycles. The summed E-state index contributed by atoms with van der Waals surface area (Å²) in [7, 11) is 0. The van der Waals surface area contributed by atoms with Gasteiger partial charge < -0.3 is 10.5 Å². The Morgan fingerprint density at radius 2 is 2.19 bits per heavy atom. The molecule has 1 aliphatic carbocycles. The van der Waals surface area contributed by atoms with Crippen molar-refractivity contribution in [1.82, 2.24) is 4.90 Å². The van der Waals surface area contributed by atoms with Crippen molar-refractivity contribution in [2.75, 3.05) is 19.7 Å². The zero-order valence-corrected chi connectivity index (χ0v) is 12.7. The number of hydrogen-bond acceptors (Lipinski definition) is 3. The molecule has 116 valence electrons. The summed E-state index contributed by atoms with van der Waals surface area (Å²) in [6, 6.07) is 6.02. The minimum absolute atomic E-state index is 0.146. The second-order valence-electron chi connectivity index (χ2n) is 6.26. The average molecular weight is 292 g/mol. The molecule has 0 radical (unpaired) electrons. The first kappa shape index (κ1) is 14.9. The normalized spacial score (nSPS) is 28.1. The van der Waals surface area contributed by atoms with Gasteiger partial charge in [0.1, 0.15) is 5.82 Å². The van der Waals surface area contributed by atoms with E-state index in [1.54, 1.807) is 6.07 Å². The summed E-state index contributed by atoms with van der Waals surface area (Å²) in [5.41, 5.74) is 7.89. The van der Waals surface area contributed by atoms with E-state index in [0.717, 1.165) is 25.1 Å². The summed E-state index contributed by atoms with van der Waals surface area (Å²) in [4.78, 5) is 2.50. The molecule has 2 aliphatic rings. The average Bonchev–Trinajstić information content (AvgIpc) is 2.52. The second kappa shape index (κ2) is 6.42. The number of nitrogens with zero attached hydrogens (tertiary/aromatic N) is 1. The van der Waals surface area contributed by atoms with Gasteiger partial charge in [0, 0.05) is 25.2 Å². The Labute approximate surface area is 126 Å². The van der Waals surface area contributed by atoms with Crippen molar-refractivity contribution in [2.45, 2.75) is 50.8 Å². The smallest absolute Gasteiger partial charge is 0.126 e. The van der Waals surface area contributed by atoms with Gasteiger partial charge in [-0.2, -0.15) is 0 Å². The van der Waals surface area contributed by atoms with Gasteiger partial charge >= 0.3 is 0 Å². The van der Waals surface area contributed by atoms with Crippen LogP contribution in [0.1, 0.15) is 42.9 Å². The standard InChI is InChI=1S/C17H25FN2O/c1-12-10-13(6-7-14(12)18)16(11-19)20-8-9-21-17-5-3-2-4-15(17)20/h6-7,10,15-17H,2-5,8-9,11,19H2,1H3. The molecule has 3 nitrogen and oxygen atoms in total. The zero-order chi connectivity index (χ0) is 14.8. The van der Waals surface area contributed by atoms with E-state index in [9.17, 15) is 4.39 Å². The Balaban J connectivity index is 1.85. The summed E-state index contributed by atoms with van der Waals surface area (Å²) in [6.45, 7) is 4.07. The molecule has 1 saturated carbocycles. The second-order valence-corrected chi connectivity index (χ2v) is 6.26. The van der Waals surface area contributed by atoms with E-state index in [1.165, 1.54) is 19.3 Å². The van der Waals surface area contributed by atoms with E-state index in [1.807, 2.05) is 19.1 Å². The highest BCUT2D eigenvalue weighted by Crippen LogP contribution is 2.34. The monoisotopic (exact) mass is 292 g/mol. The predicted molar refractivity (Wildman–Crippen MR) is 81.6 cm³/mol. The molecule has 0 aromatic heterocycles. The van der Waals surface area contributed by atoms with E-state index in [2.05, 4.69) is 4.90 Å². The fourth-order valence-electron chi connectivity index (χ4n) is 3.85. The van der Waals surface area contributed by atoms with Crippen molar-refractivity contribution >= 4 is 0 Å². The van der Waals surface area contributed by atoms with Crippen LogP contribution in [0.25, 0.3) is 0 Å². The highest BCUT2D eigenvalue weighted by Gasteiger charge is 2.37. The van der Waals surface area contributed by atoms with Gasteiger partial charge in [0.15, 0.2) is 0 Å². The van der Waals surface area contributed by atoms with Gasteiger partial charge in [-0.05, 0) is 37.0 Å². The molecule has 0 amide bonds. The molecule has 3 rings (SSSR count). The SMILES string of the molecule is Cc1cc(C(CN)N2CCOC3CCCCC32)ccc1F. The van der Waals surface area contributed by atoms with Gasteiger partial charge in [0.05, 0.1) is 12.7 Å². The third kappa shape index (κ3) is 2.98.